The zero-order valence-corrected chi connectivity index (χ0v) is 21.8. The van der Waals surface area contributed by atoms with Crippen LogP contribution in [0.25, 0.3) is 32.3 Å². The number of aromatic nitrogens is 1. The van der Waals surface area contributed by atoms with Crippen molar-refractivity contribution in [3.05, 3.63) is 119 Å². The highest BCUT2D eigenvalue weighted by Gasteiger charge is 2.43. The molecule has 8 heteroatoms. The number of para-hydroxylation sites is 3. The summed E-state index contributed by atoms with van der Waals surface area (Å²) in [4.78, 5) is 5.56. The molecule has 0 fully saturated rings. The van der Waals surface area contributed by atoms with Crippen LogP contribution in [0.2, 0.25) is 0 Å². The summed E-state index contributed by atoms with van der Waals surface area (Å²) in [5.41, 5.74) is 7.08. The van der Waals surface area contributed by atoms with Crippen molar-refractivity contribution in [1.82, 2.24) is 4.57 Å². The van der Waals surface area contributed by atoms with E-state index < -0.39 is 6.85 Å². The second kappa shape index (κ2) is 8.51. The molecule has 42 heavy (non-hydrogen) atoms. The summed E-state index contributed by atoms with van der Waals surface area (Å²) >= 11 is 0. The smallest absolute Gasteiger partial charge is 0.332 e. The molecule has 0 bridgehead atoms. The number of ether oxygens (including phenoxy) is 1. The van der Waals surface area contributed by atoms with E-state index in [9.17, 15) is 15.8 Å². The average molecular weight is 534 g/mol. The van der Waals surface area contributed by atoms with Crippen LogP contribution < -0.4 is 20.5 Å². The Morgan fingerprint density at radius 2 is 1.40 bits per heavy atom. The summed E-state index contributed by atoms with van der Waals surface area (Å²) in [6, 6.07) is 35.7. The van der Waals surface area contributed by atoms with Crippen LogP contribution in [0.3, 0.4) is 0 Å². The second-order valence-corrected chi connectivity index (χ2v) is 10.2. The summed E-state index contributed by atoms with van der Waals surface area (Å²) in [6.07, 6.45) is 0. The van der Waals surface area contributed by atoms with Crippen LogP contribution in [0.1, 0.15) is 16.7 Å². The maximum atomic E-state index is 10.3. The van der Waals surface area contributed by atoms with Crippen LogP contribution in [0.4, 0.5) is 17.1 Å². The average Bonchev–Trinajstić information content (AvgIpc) is 3.38. The molecular weight excluding hydrogens is 519 g/mol. The zero-order valence-electron chi connectivity index (χ0n) is 21.8. The van der Waals surface area contributed by atoms with Gasteiger partial charge in [-0.1, -0.05) is 54.6 Å². The van der Waals surface area contributed by atoms with Crippen LogP contribution in [0, 0.1) is 40.6 Å². The number of hydrogen-bond acceptors (Lipinski definition) is 5. The SMILES string of the molecule is [C-]#[N+]c1cc(C#N)c2c(c1)Oc1cc(C#N)cc(C#N)c1N2B1c2ccccc2-n2c3ccccc3c3cccc1c32. The van der Waals surface area contributed by atoms with Crippen molar-refractivity contribution in [2.75, 3.05) is 4.81 Å². The molecule has 0 radical (unpaired) electrons. The Kier molecular flexibility index (Phi) is 4.74. The van der Waals surface area contributed by atoms with Crippen LogP contribution >= 0.6 is 0 Å². The van der Waals surface area contributed by atoms with E-state index in [1.165, 1.54) is 0 Å². The molecule has 0 aliphatic carbocycles. The standard InChI is InChI=1S/C34H15BN6O/c1-39-23-15-22(19-38)33-31(16-23)42-30-14-20(17-36)13-21(18-37)32(30)41(33)35-26-9-3-5-12-29(26)40-28-11-4-2-7-24(28)25-8-6-10-27(35)34(25)40/h2-16H. The van der Waals surface area contributed by atoms with Gasteiger partial charge in [0.15, 0.2) is 11.4 Å². The van der Waals surface area contributed by atoms with E-state index in [-0.39, 0.29) is 22.4 Å². The van der Waals surface area contributed by atoms with E-state index in [1.54, 1.807) is 24.3 Å². The Bertz CT molecular complexity index is 2280. The zero-order chi connectivity index (χ0) is 28.5. The fourth-order valence-electron chi connectivity index (χ4n) is 6.53. The van der Waals surface area contributed by atoms with Crippen molar-refractivity contribution in [2.45, 2.75) is 0 Å². The molecule has 0 atom stereocenters. The lowest BCUT2D eigenvalue weighted by Gasteiger charge is -2.41. The summed E-state index contributed by atoms with van der Waals surface area (Å²) in [5, 5.41) is 32.6. The predicted octanol–water partition coefficient (Wildman–Crippen LogP) is 6.31. The van der Waals surface area contributed by atoms with Crippen LogP contribution in [-0.2, 0) is 0 Å². The molecule has 2 aliphatic rings. The normalized spacial score (nSPS) is 12.3. The van der Waals surface area contributed by atoms with Crippen molar-refractivity contribution in [3.8, 4) is 35.4 Å². The fourth-order valence-corrected chi connectivity index (χ4v) is 6.53. The van der Waals surface area contributed by atoms with Gasteiger partial charge < -0.3 is 14.1 Å². The molecule has 190 valence electrons. The van der Waals surface area contributed by atoms with Gasteiger partial charge in [0, 0.05) is 22.5 Å². The van der Waals surface area contributed by atoms with Gasteiger partial charge in [-0.05, 0) is 41.3 Å². The third-order valence-corrected chi connectivity index (χ3v) is 8.09. The third kappa shape index (κ3) is 2.96. The number of rotatable bonds is 1. The lowest BCUT2D eigenvalue weighted by Crippen LogP contribution is -2.59. The van der Waals surface area contributed by atoms with Crippen molar-refractivity contribution in [3.63, 3.8) is 0 Å². The van der Waals surface area contributed by atoms with Crippen LogP contribution in [0.15, 0.2) is 91.0 Å². The fraction of sp³-hybridized carbons (Fsp3) is 0. The Balaban J connectivity index is 1.55. The minimum atomic E-state index is -0.464. The molecule has 7 nitrogen and oxygen atoms in total. The molecule has 0 amide bonds. The van der Waals surface area contributed by atoms with Gasteiger partial charge in [0.05, 0.1) is 51.7 Å². The highest BCUT2D eigenvalue weighted by atomic mass is 16.5. The largest absolute Gasteiger partial charge is 0.454 e. The van der Waals surface area contributed by atoms with E-state index in [4.69, 9.17) is 11.3 Å². The Morgan fingerprint density at radius 3 is 2.19 bits per heavy atom. The highest BCUT2D eigenvalue weighted by molar-refractivity contribution is 6.92. The van der Waals surface area contributed by atoms with Crippen LogP contribution in [0.5, 0.6) is 11.5 Å². The molecule has 0 saturated carbocycles. The molecule has 0 saturated heterocycles. The molecule has 1 aromatic heterocycles. The summed E-state index contributed by atoms with van der Waals surface area (Å²) in [5.74, 6) is 0.641. The first-order valence-electron chi connectivity index (χ1n) is 13.2. The maximum absolute atomic E-state index is 10.3. The second-order valence-electron chi connectivity index (χ2n) is 10.2. The highest BCUT2D eigenvalue weighted by Crippen LogP contribution is 2.52. The van der Waals surface area contributed by atoms with Crippen molar-refractivity contribution in [1.29, 1.82) is 15.8 Å². The molecular formula is C34H15BN6O. The van der Waals surface area contributed by atoms with Gasteiger partial charge in [-0.15, -0.1) is 0 Å². The molecule has 8 rings (SSSR count). The first-order chi connectivity index (χ1) is 20.7. The van der Waals surface area contributed by atoms with Crippen LogP contribution in [-0.4, -0.2) is 11.4 Å². The summed E-state index contributed by atoms with van der Waals surface area (Å²) < 4.78 is 8.59. The van der Waals surface area contributed by atoms with E-state index >= 15 is 0 Å². The topological polar surface area (TPSA) is 93.1 Å². The van der Waals surface area contributed by atoms with E-state index in [1.807, 2.05) is 35.1 Å². The monoisotopic (exact) mass is 534 g/mol. The van der Waals surface area contributed by atoms with Gasteiger partial charge in [0.25, 0.3) is 0 Å². The number of fused-ring (bicyclic) bond motifs is 7. The minimum absolute atomic E-state index is 0.253. The molecule has 0 N–H and O–H groups in total. The Morgan fingerprint density at radius 1 is 0.714 bits per heavy atom. The molecule has 5 aromatic carbocycles. The number of anilines is 2. The first kappa shape index (κ1) is 23.4. The molecule has 3 heterocycles. The summed E-state index contributed by atoms with van der Waals surface area (Å²) in [7, 11) is 0. The maximum Gasteiger partial charge on any atom is 0.332 e. The molecule has 6 aromatic rings. The summed E-state index contributed by atoms with van der Waals surface area (Å²) in [6.45, 7) is 7.15. The van der Waals surface area contributed by atoms with Crippen molar-refractivity contribution in [2.24, 2.45) is 0 Å². The van der Waals surface area contributed by atoms with E-state index in [0.717, 1.165) is 38.4 Å². The Labute approximate surface area is 240 Å². The quantitative estimate of drug-likeness (QED) is 0.182. The van der Waals surface area contributed by atoms with E-state index in [0.29, 0.717) is 22.9 Å². The molecule has 0 spiro atoms. The Hall–Kier alpha value is -6.48. The van der Waals surface area contributed by atoms with Gasteiger partial charge in [0.1, 0.15) is 17.9 Å². The number of nitriles is 3. The van der Waals surface area contributed by atoms with Gasteiger partial charge in [-0.2, -0.15) is 15.8 Å². The van der Waals surface area contributed by atoms with Gasteiger partial charge >= 0.3 is 6.85 Å². The number of nitrogens with zero attached hydrogens (tertiary/aromatic N) is 6. The lowest BCUT2D eigenvalue weighted by atomic mass is 9.46. The van der Waals surface area contributed by atoms with Crippen molar-refractivity contribution >= 4 is 56.6 Å². The van der Waals surface area contributed by atoms with E-state index in [2.05, 4.69) is 64.0 Å². The molecule has 2 aliphatic heterocycles. The van der Waals surface area contributed by atoms with Crippen molar-refractivity contribution < 1.29 is 4.74 Å². The third-order valence-electron chi connectivity index (χ3n) is 8.09. The van der Waals surface area contributed by atoms with Gasteiger partial charge in [-0.25, -0.2) is 4.85 Å². The molecule has 0 unspecified atom stereocenters. The number of hydrogen-bond donors (Lipinski definition) is 0. The minimum Gasteiger partial charge on any atom is -0.454 e. The predicted molar refractivity (Wildman–Crippen MR) is 161 cm³/mol. The first-order valence-corrected chi connectivity index (χ1v) is 13.2. The van der Waals surface area contributed by atoms with Gasteiger partial charge in [0.2, 0.25) is 0 Å². The lowest BCUT2D eigenvalue weighted by molar-refractivity contribution is 0.478. The number of benzene rings is 5. The van der Waals surface area contributed by atoms with Gasteiger partial charge in [-0.3, -0.25) is 0 Å².